The molecule has 5 aromatic rings. The van der Waals surface area contributed by atoms with Gasteiger partial charge in [0, 0.05) is 31.9 Å². The van der Waals surface area contributed by atoms with Gasteiger partial charge in [-0.3, -0.25) is 4.99 Å². The summed E-state index contributed by atoms with van der Waals surface area (Å²) in [6.45, 7) is 19.1. The zero-order valence-electron chi connectivity index (χ0n) is 42.9. The van der Waals surface area contributed by atoms with Crippen LogP contribution in [0.1, 0.15) is 57.7 Å². The second kappa shape index (κ2) is 24.9. The van der Waals surface area contributed by atoms with Gasteiger partial charge in [0.1, 0.15) is 36.5 Å². The van der Waals surface area contributed by atoms with Gasteiger partial charge in [0.2, 0.25) is 5.88 Å². The molecule has 14 nitrogen and oxygen atoms in total. The molecule has 378 valence electrons. The van der Waals surface area contributed by atoms with Gasteiger partial charge in [-0.05, 0) is 88.1 Å². The molecule has 0 spiro atoms. The van der Waals surface area contributed by atoms with Crippen LogP contribution in [0.15, 0.2) is 126 Å². The molecule has 4 unspecified atom stereocenters. The number of hydrogen-bond donors (Lipinski definition) is 0. The molecule has 2 aliphatic heterocycles. The zero-order chi connectivity index (χ0) is 50.5. The van der Waals surface area contributed by atoms with Crippen molar-refractivity contribution in [3.05, 3.63) is 138 Å². The van der Waals surface area contributed by atoms with Crippen LogP contribution in [0, 0.1) is 12.3 Å². The largest absolute Gasteiger partial charge is 0.501 e. The van der Waals surface area contributed by atoms with E-state index in [0.717, 1.165) is 29.2 Å². The van der Waals surface area contributed by atoms with E-state index in [4.69, 9.17) is 53.9 Å². The molecule has 7 atom stereocenters. The topological polar surface area (TPSA) is 133 Å². The summed E-state index contributed by atoms with van der Waals surface area (Å²) in [4.78, 5) is 18.4. The Labute approximate surface area is 422 Å². The Kier molecular flexibility index (Phi) is 18.8. The molecule has 0 radical (unpaired) electrons. The van der Waals surface area contributed by atoms with E-state index in [1.54, 1.807) is 20.5 Å². The van der Waals surface area contributed by atoms with Crippen molar-refractivity contribution in [1.82, 2.24) is 24.2 Å². The summed E-state index contributed by atoms with van der Waals surface area (Å²) >= 11 is 0. The monoisotopic (exact) mass is 1000 g/mol. The van der Waals surface area contributed by atoms with Gasteiger partial charge in [0.15, 0.2) is 16.8 Å². The predicted molar refractivity (Wildman–Crippen MR) is 283 cm³/mol. The number of ether oxygens (including phenoxy) is 6. The van der Waals surface area contributed by atoms with Crippen LogP contribution in [0.2, 0.25) is 25.7 Å². The maximum absolute atomic E-state index is 7.51. The summed E-state index contributed by atoms with van der Waals surface area (Å²) in [5.41, 5.74) is 3.02. The number of hydrogen-bond acceptors (Lipinski definition) is 13. The predicted octanol–water partition coefficient (Wildman–Crippen LogP) is 10.6. The van der Waals surface area contributed by atoms with Gasteiger partial charge in [-0.15, -0.1) is 6.42 Å². The quantitative estimate of drug-likeness (QED) is 0.0163. The van der Waals surface area contributed by atoms with Crippen molar-refractivity contribution >= 4 is 34.0 Å². The first-order valence-corrected chi connectivity index (χ1v) is 29.3. The lowest BCUT2D eigenvalue weighted by atomic mass is 9.79. The van der Waals surface area contributed by atoms with E-state index in [0.29, 0.717) is 60.5 Å². The highest BCUT2D eigenvalue weighted by atomic mass is 31.2. The molecule has 1 fully saturated rings. The van der Waals surface area contributed by atoms with E-state index >= 15 is 0 Å². The molecule has 0 bridgehead atoms. The molecule has 2 aromatic heterocycles. The number of terminal acetylenes is 1. The molecule has 0 amide bonds. The Morgan fingerprint density at radius 1 is 0.887 bits per heavy atom. The number of fused-ring (bicyclic) bond motifs is 1. The van der Waals surface area contributed by atoms with Crippen molar-refractivity contribution in [2.24, 2.45) is 4.99 Å². The van der Waals surface area contributed by atoms with Crippen LogP contribution in [0.5, 0.6) is 11.6 Å². The lowest BCUT2D eigenvalue weighted by Gasteiger charge is -2.39. The summed E-state index contributed by atoms with van der Waals surface area (Å²) in [6, 6.07) is 29.2. The van der Waals surface area contributed by atoms with E-state index in [2.05, 4.69) is 80.0 Å². The van der Waals surface area contributed by atoms with E-state index in [1.165, 1.54) is 6.33 Å². The first kappa shape index (κ1) is 53.5. The molecular formula is C55H71N6O8PSi. The minimum absolute atomic E-state index is 0.0175. The van der Waals surface area contributed by atoms with Crippen molar-refractivity contribution in [3.8, 4) is 24.0 Å². The number of aliphatic imine (C=N–C) groups is 1. The van der Waals surface area contributed by atoms with Crippen LogP contribution in [0.4, 0.5) is 0 Å². The van der Waals surface area contributed by atoms with Gasteiger partial charge in [-0.1, -0.05) is 98.4 Å². The van der Waals surface area contributed by atoms with Crippen LogP contribution in [0.25, 0.3) is 11.2 Å². The van der Waals surface area contributed by atoms with E-state index in [9.17, 15) is 0 Å². The van der Waals surface area contributed by atoms with Gasteiger partial charge in [-0.2, -0.15) is 4.98 Å². The molecular weight excluding hydrogens is 932 g/mol. The molecule has 3 aromatic carbocycles. The van der Waals surface area contributed by atoms with Gasteiger partial charge in [-0.25, -0.2) is 14.6 Å². The van der Waals surface area contributed by atoms with Crippen LogP contribution in [-0.2, 0) is 46.7 Å². The molecule has 2 aliphatic rings. The summed E-state index contributed by atoms with van der Waals surface area (Å²) in [5.74, 6) is 4.83. The molecule has 0 saturated carbocycles. The first-order chi connectivity index (χ1) is 34.2. The van der Waals surface area contributed by atoms with Crippen molar-refractivity contribution in [2.75, 3.05) is 34.0 Å². The fraction of sp³-hybridized carbons (Fsp3) is 0.455. The fourth-order valence-electron chi connectivity index (χ4n) is 8.58. The normalized spacial score (nSPS) is 20.6. The molecule has 4 heterocycles. The highest BCUT2D eigenvalue weighted by Gasteiger charge is 2.51. The second-order valence-electron chi connectivity index (χ2n) is 19.5. The Morgan fingerprint density at radius 3 is 2.21 bits per heavy atom. The Morgan fingerprint density at radius 2 is 1.58 bits per heavy atom. The van der Waals surface area contributed by atoms with Crippen LogP contribution in [-0.4, -0.2) is 115 Å². The molecule has 7 rings (SSSR count). The van der Waals surface area contributed by atoms with Crippen LogP contribution >= 0.6 is 8.53 Å². The Balaban J connectivity index is 1.34. The van der Waals surface area contributed by atoms with Crippen molar-refractivity contribution in [1.29, 1.82) is 0 Å². The average Bonchev–Trinajstić information content (AvgIpc) is 4.01. The number of aromatic nitrogens is 4. The lowest BCUT2D eigenvalue weighted by Crippen LogP contribution is -2.43. The third-order valence-electron chi connectivity index (χ3n) is 12.4. The number of methoxy groups -OCH3 is 2. The zero-order valence-corrected chi connectivity index (χ0v) is 44.8. The minimum Gasteiger partial charge on any atom is -0.501 e. The van der Waals surface area contributed by atoms with Crippen LogP contribution in [0.3, 0.4) is 0 Å². The summed E-state index contributed by atoms with van der Waals surface area (Å²) in [6.07, 6.45) is 13.6. The van der Waals surface area contributed by atoms with Gasteiger partial charge >= 0.3 is 0 Å². The molecule has 0 aliphatic carbocycles. The minimum atomic E-state index is -1.68. The van der Waals surface area contributed by atoms with E-state index in [-0.39, 0.29) is 24.7 Å². The fourth-order valence-corrected chi connectivity index (χ4v) is 11.1. The Hall–Kier alpha value is -5.27. The van der Waals surface area contributed by atoms with E-state index in [1.807, 2.05) is 103 Å². The van der Waals surface area contributed by atoms with Gasteiger partial charge in [0.05, 0.1) is 65.3 Å². The lowest BCUT2D eigenvalue weighted by molar-refractivity contribution is -0.0817. The highest BCUT2D eigenvalue weighted by Crippen LogP contribution is 2.51. The van der Waals surface area contributed by atoms with Crippen molar-refractivity contribution in [2.45, 2.75) is 128 Å². The molecule has 16 heteroatoms. The molecule has 71 heavy (non-hydrogen) atoms. The number of imidazole rings is 1. The van der Waals surface area contributed by atoms with Crippen molar-refractivity contribution in [3.63, 3.8) is 0 Å². The highest BCUT2D eigenvalue weighted by molar-refractivity contribution is 7.44. The van der Waals surface area contributed by atoms with Crippen LogP contribution < -0.4 is 9.47 Å². The average molecular weight is 1000 g/mol. The third-order valence-corrected chi connectivity index (χ3v) is 16.3. The third kappa shape index (κ3) is 13.8. The smallest absolute Gasteiger partial charge is 0.259 e. The standard InChI is InChI=1S/C55H71N6O8PSi/c1-12-43(24-23-41(6)62-7)55(44-21-17-14-18-22-44,45-25-27-47(63-8)28-26-45)66-36-49-52(69-70(61(39(2)3)40(4)5)67-30-29-46-33-56-46)51(65-35-42-19-15-13-16-20-42)48(68-49)34-60-38-59-50-53(60)57-37-58-54(50)64-31-32-71(9,10)11/h1,13-28,33,37-40,46,48-49,51-52H,29-32,34-36H2,2-11H3/b41-23+,43-24+/t46?,48-,49?,51+,52+,55?,70?/m0/s1. The Bertz CT molecular complexity index is 2590. The summed E-state index contributed by atoms with van der Waals surface area (Å²) in [5, 5.41) is 0. The van der Waals surface area contributed by atoms with Gasteiger partial charge < -0.3 is 42.0 Å². The maximum Gasteiger partial charge on any atom is 0.259 e. The maximum atomic E-state index is 7.51. The number of benzene rings is 3. The number of nitrogens with zero attached hydrogens (tertiary/aromatic N) is 6. The molecule has 1 saturated heterocycles. The number of rotatable bonds is 27. The van der Waals surface area contributed by atoms with Crippen molar-refractivity contribution < 1.29 is 37.5 Å². The SMILES string of the molecule is C#C/C(=C\C=C(/C)OC)C(OCC1O[C@@H](Cn2cnc3c(OCC[Si](C)(C)C)ncnc32)[C@@H](OCc2ccccc2)[C@@H]1OP(OCCC1C=N1)N(C(C)C)C(C)C)(c1ccccc1)c1ccc(OC)cc1. The first-order valence-electron chi connectivity index (χ1n) is 24.5. The molecule has 0 N–H and O–H groups in total. The number of allylic oxidation sites excluding steroid dienone is 3. The van der Waals surface area contributed by atoms with E-state index < -0.39 is 46.6 Å². The second-order valence-corrected chi connectivity index (χ2v) is 26.6. The summed E-state index contributed by atoms with van der Waals surface area (Å²) < 4.78 is 57.9. The van der Waals surface area contributed by atoms with Gasteiger partial charge in [0.25, 0.3) is 8.53 Å². The summed E-state index contributed by atoms with van der Waals surface area (Å²) in [7, 11) is 0.225.